The molecule has 3 heteroatoms. The van der Waals surface area contributed by atoms with Gasteiger partial charge in [0.15, 0.2) is 0 Å². The number of benzene rings is 6. The van der Waals surface area contributed by atoms with E-state index >= 15 is 0 Å². The van der Waals surface area contributed by atoms with Crippen molar-refractivity contribution in [2.75, 3.05) is 4.90 Å². The molecule has 0 aliphatic heterocycles. The first-order valence-electron chi connectivity index (χ1n) is 13.1. The molecular formula is C36H23NO2. The van der Waals surface area contributed by atoms with Crippen LogP contribution >= 0.6 is 0 Å². The molecule has 184 valence electrons. The predicted octanol–water partition coefficient (Wildman–Crippen LogP) is 10.6. The van der Waals surface area contributed by atoms with E-state index in [1.54, 1.807) is 0 Å². The zero-order chi connectivity index (χ0) is 25.8. The standard InChI is InChI=1S/C36H23NO2/c1-2-10-25(11-3-1)37(31-16-9-19-34-35(31)30-13-5-7-18-33(30)38-34)26-22-20-24(21-23-26)27-14-8-15-29-28-12-4-6-17-32(28)39-36(27)29/h1-23H. The summed E-state index contributed by atoms with van der Waals surface area (Å²) in [7, 11) is 0. The van der Waals surface area contributed by atoms with Gasteiger partial charge < -0.3 is 13.7 Å². The lowest BCUT2D eigenvalue weighted by Gasteiger charge is -2.26. The van der Waals surface area contributed by atoms with E-state index in [0.29, 0.717) is 0 Å². The summed E-state index contributed by atoms with van der Waals surface area (Å²) in [6.45, 7) is 0. The molecule has 0 aliphatic carbocycles. The van der Waals surface area contributed by atoms with Crippen molar-refractivity contribution in [1.82, 2.24) is 0 Å². The van der Waals surface area contributed by atoms with Crippen molar-refractivity contribution in [3.05, 3.63) is 140 Å². The van der Waals surface area contributed by atoms with Gasteiger partial charge in [-0.15, -0.1) is 0 Å². The second kappa shape index (κ2) is 8.64. The molecule has 0 radical (unpaired) electrons. The number of rotatable bonds is 4. The third kappa shape index (κ3) is 3.44. The number of hydrogen-bond donors (Lipinski definition) is 0. The molecule has 0 aliphatic rings. The summed E-state index contributed by atoms with van der Waals surface area (Å²) in [4.78, 5) is 2.30. The lowest BCUT2D eigenvalue weighted by Crippen LogP contribution is -2.10. The fourth-order valence-electron chi connectivity index (χ4n) is 5.71. The van der Waals surface area contributed by atoms with E-state index < -0.39 is 0 Å². The van der Waals surface area contributed by atoms with Crippen LogP contribution in [0.4, 0.5) is 17.1 Å². The van der Waals surface area contributed by atoms with Crippen molar-refractivity contribution >= 4 is 60.9 Å². The highest BCUT2D eigenvalue weighted by molar-refractivity contribution is 6.13. The van der Waals surface area contributed by atoms with E-state index in [2.05, 4.69) is 108 Å². The predicted molar refractivity (Wildman–Crippen MR) is 161 cm³/mol. The molecule has 0 spiro atoms. The van der Waals surface area contributed by atoms with Gasteiger partial charge in [-0.05, 0) is 54.1 Å². The minimum absolute atomic E-state index is 0.878. The normalized spacial score (nSPS) is 11.6. The minimum atomic E-state index is 0.878. The van der Waals surface area contributed by atoms with E-state index in [9.17, 15) is 0 Å². The molecule has 0 saturated carbocycles. The van der Waals surface area contributed by atoms with Crippen molar-refractivity contribution in [3.8, 4) is 11.1 Å². The summed E-state index contributed by atoms with van der Waals surface area (Å²) in [6, 6.07) is 48.3. The van der Waals surface area contributed by atoms with Crippen molar-refractivity contribution in [3.63, 3.8) is 0 Å². The minimum Gasteiger partial charge on any atom is -0.456 e. The Balaban J connectivity index is 1.30. The van der Waals surface area contributed by atoms with Crippen molar-refractivity contribution in [2.24, 2.45) is 0 Å². The molecule has 39 heavy (non-hydrogen) atoms. The topological polar surface area (TPSA) is 29.5 Å². The molecule has 0 fully saturated rings. The number of anilines is 3. The fraction of sp³-hybridized carbons (Fsp3) is 0. The third-order valence-electron chi connectivity index (χ3n) is 7.48. The van der Waals surface area contributed by atoms with Crippen LogP contribution in [0.15, 0.2) is 148 Å². The van der Waals surface area contributed by atoms with Gasteiger partial charge >= 0.3 is 0 Å². The Morgan fingerprint density at radius 1 is 0.410 bits per heavy atom. The Kier molecular flexibility index (Phi) is 4.82. The van der Waals surface area contributed by atoms with Crippen LogP contribution in [0.25, 0.3) is 55.0 Å². The lowest BCUT2D eigenvalue weighted by atomic mass is 10.0. The van der Waals surface area contributed by atoms with Crippen LogP contribution in [0.3, 0.4) is 0 Å². The first-order chi connectivity index (χ1) is 19.3. The number of fused-ring (bicyclic) bond motifs is 6. The van der Waals surface area contributed by atoms with Gasteiger partial charge in [0.25, 0.3) is 0 Å². The molecular weight excluding hydrogens is 478 g/mol. The summed E-state index contributed by atoms with van der Waals surface area (Å²) in [5, 5.41) is 4.49. The summed E-state index contributed by atoms with van der Waals surface area (Å²) in [6.07, 6.45) is 0. The molecule has 6 aromatic carbocycles. The first kappa shape index (κ1) is 21.8. The Morgan fingerprint density at radius 3 is 1.85 bits per heavy atom. The van der Waals surface area contributed by atoms with Crippen LogP contribution in [0, 0.1) is 0 Å². The first-order valence-corrected chi connectivity index (χ1v) is 13.1. The van der Waals surface area contributed by atoms with Gasteiger partial charge in [-0.25, -0.2) is 0 Å². The monoisotopic (exact) mass is 501 g/mol. The Morgan fingerprint density at radius 2 is 1.03 bits per heavy atom. The molecule has 3 nitrogen and oxygen atoms in total. The SMILES string of the molecule is c1ccc(N(c2ccc(-c3cccc4c3oc3ccccc34)cc2)c2cccc3oc4ccccc4c23)cc1. The Hall–Kier alpha value is -5.28. The molecule has 8 rings (SSSR count). The second-order valence-electron chi connectivity index (χ2n) is 9.75. The zero-order valence-corrected chi connectivity index (χ0v) is 21.0. The summed E-state index contributed by atoms with van der Waals surface area (Å²) in [5.74, 6) is 0. The van der Waals surface area contributed by atoms with Crippen molar-refractivity contribution in [2.45, 2.75) is 0 Å². The zero-order valence-electron chi connectivity index (χ0n) is 21.0. The molecule has 2 heterocycles. The van der Waals surface area contributed by atoms with Gasteiger partial charge in [-0.1, -0.05) is 91.0 Å². The smallest absolute Gasteiger partial charge is 0.143 e. The number of nitrogens with zero attached hydrogens (tertiary/aromatic N) is 1. The second-order valence-corrected chi connectivity index (χ2v) is 9.75. The molecule has 2 aromatic heterocycles. The molecule has 0 amide bonds. The maximum absolute atomic E-state index is 6.31. The van der Waals surface area contributed by atoms with E-state index in [0.717, 1.165) is 72.1 Å². The highest BCUT2D eigenvalue weighted by Crippen LogP contribution is 2.43. The highest BCUT2D eigenvalue weighted by atomic mass is 16.3. The van der Waals surface area contributed by atoms with Crippen LogP contribution in [0.1, 0.15) is 0 Å². The van der Waals surface area contributed by atoms with Gasteiger partial charge in [0.2, 0.25) is 0 Å². The molecule has 8 aromatic rings. The largest absolute Gasteiger partial charge is 0.456 e. The Bertz CT molecular complexity index is 2120. The van der Waals surface area contributed by atoms with Gasteiger partial charge in [-0.3, -0.25) is 0 Å². The molecule has 0 saturated heterocycles. The van der Waals surface area contributed by atoms with Crippen LogP contribution < -0.4 is 4.90 Å². The van der Waals surface area contributed by atoms with Gasteiger partial charge in [0.05, 0.1) is 11.1 Å². The average molecular weight is 502 g/mol. The van der Waals surface area contributed by atoms with Crippen LogP contribution in [-0.2, 0) is 0 Å². The van der Waals surface area contributed by atoms with Crippen LogP contribution in [0.5, 0.6) is 0 Å². The quantitative estimate of drug-likeness (QED) is 0.240. The van der Waals surface area contributed by atoms with Crippen molar-refractivity contribution < 1.29 is 8.83 Å². The van der Waals surface area contributed by atoms with E-state index in [-0.39, 0.29) is 0 Å². The van der Waals surface area contributed by atoms with E-state index in [4.69, 9.17) is 8.83 Å². The number of para-hydroxylation sites is 4. The van der Waals surface area contributed by atoms with E-state index in [1.807, 2.05) is 36.4 Å². The Labute approximate surface area is 225 Å². The summed E-state index contributed by atoms with van der Waals surface area (Å²) >= 11 is 0. The van der Waals surface area contributed by atoms with Crippen LogP contribution in [-0.4, -0.2) is 0 Å². The van der Waals surface area contributed by atoms with Crippen LogP contribution in [0.2, 0.25) is 0 Å². The molecule has 0 bridgehead atoms. The molecule has 0 atom stereocenters. The van der Waals surface area contributed by atoms with Crippen molar-refractivity contribution in [1.29, 1.82) is 0 Å². The average Bonchev–Trinajstić information content (AvgIpc) is 3.57. The summed E-state index contributed by atoms with van der Waals surface area (Å²) < 4.78 is 12.5. The molecule has 0 unspecified atom stereocenters. The fourth-order valence-corrected chi connectivity index (χ4v) is 5.71. The van der Waals surface area contributed by atoms with E-state index in [1.165, 1.54) is 0 Å². The molecule has 0 N–H and O–H groups in total. The maximum Gasteiger partial charge on any atom is 0.143 e. The lowest BCUT2D eigenvalue weighted by molar-refractivity contribution is 0.669. The summed E-state index contributed by atoms with van der Waals surface area (Å²) in [5.41, 5.74) is 9.03. The third-order valence-corrected chi connectivity index (χ3v) is 7.48. The van der Waals surface area contributed by atoms with Gasteiger partial charge in [0.1, 0.15) is 22.3 Å². The number of hydrogen-bond acceptors (Lipinski definition) is 3. The number of furan rings is 2. The highest BCUT2D eigenvalue weighted by Gasteiger charge is 2.19. The maximum atomic E-state index is 6.31. The van der Waals surface area contributed by atoms with Gasteiger partial charge in [0, 0.05) is 33.1 Å². The van der Waals surface area contributed by atoms with Gasteiger partial charge in [-0.2, -0.15) is 0 Å².